The Hall–Kier alpha value is -0.450. The second kappa shape index (κ2) is 5.04. The number of aryl methyl sites for hydroxylation is 1. The van der Waals surface area contributed by atoms with Crippen molar-refractivity contribution in [3.63, 3.8) is 0 Å². The minimum absolute atomic E-state index is 0.463. The Morgan fingerprint density at radius 2 is 2.12 bits per heavy atom. The summed E-state index contributed by atoms with van der Waals surface area (Å²) in [6, 6.07) is 1.21. The molecule has 0 amide bonds. The van der Waals surface area contributed by atoms with Gasteiger partial charge in [-0.15, -0.1) is 11.3 Å². The van der Waals surface area contributed by atoms with Gasteiger partial charge in [0.1, 0.15) is 5.01 Å². The second-order valence-corrected chi connectivity index (χ2v) is 6.09. The zero-order chi connectivity index (χ0) is 11.7. The fraction of sp³-hybridized carbons (Fsp3) is 0.769. The van der Waals surface area contributed by atoms with Crippen LogP contribution in [0.4, 0.5) is 0 Å². The summed E-state index contributed by atoms with van der Waals surface area (Å²) in [5.41, 5.74) is 1.15. The van der Waals surface area contributed by atoms with E-state index in [1.54, 1.807) is 11.3 Å². The van der Waals surface area contributed by atoms with Crippen LogP contribution in [0.3, 0.4) is 0 Å². The van der Waals surface area contributed by atoms with Crippen LogP contribution in [0.25, 0.3) is 0 Å². The van der Waals surface area contributed by atoms with Gasteiger partial charge < -0.3 is 10.1 Å². The van der Waals surface area contributed by atoms with Crippen LogP contribution in [-0.4, -0.2) is 24.2 Å². The summed E-state index contributed by atoms with van der Waals surface area (Å²) in [5.74, 6) is 0.704. The number of ether oxygens (including phenoxy) is 1. The fourth-order valence-electron chi connectivity index (χ4n) is 2.48. The Morgan fingerprint density at radius 1 is 1.35 bits per heavy atom. The molecule has 1 aliphatic carbocycles. The third kappa shape index (κ3) is 2.87. The van der Waals surface area contributed by atoms with E-state index >= 15 is 0 Å². The lowest BCUT2D eigenvalue weighted by Gasteiger charge is -2.29. The van der Waals surface area contributed by atoms with Gasteiger partial charge in [-0.3, -0.25) is 0 Å². The summed E-state index contributed by atoms with van der Waals surface area (Å²) in [7, 11) is 0. The molecule has 2 heterocycles. The first-order valence-electron chi connectivity index (χ1n) is 6.59. The van der Waals surface area contributed by atoms with Gasteiger partial charge in [-0.05, 0) is 38.5 Å². The van der Waals surface area contributed by atoms with Crippen molar-refractivity contribution in [1.82, 2.24) is 10.3 Å². The van der Waals surface area contributed by atoms with Gasteiger partial charge in [0.2, 0.25) is 0 Å². The minimum Gasteiger partial charge on any atom is -0.381 e. The van der Waals surface area contributed by atoms with Gasteiger partial charge in [0, 0.05) is 30.3 Å². The van der Waals surface area contributed by atoms with Crippen LogP contribution in [0.5, 0.6) is 0 Å². The van der Waals surface area contributed by atoms with Crippen LogP contribution in [0.15, 0.2) is 5.38 Å². The Kier molecular flexibility index (Phi) is 3.45. The average Bonchev–Trinajstić information content (AvgIpc) is 3.08. The van der Waals surface area contributed by atoms with Crippen molar-refractivity contribution in [1.29, 1.82) is 0 Å². The maximum Gasteiger partial charge on any atom is 0.110 e. The number of nitrogens with zero attached hydrogens (tertiary/aromatic N) is 1. The third-order valence-electron chi connectivity index (χ3n) is 3.63. The van der Waals surface area contributed by atoms with Crippen LogP contribution < -0.4 is 5.32 Å². The molecule has 1 N–H and O–H groups in total. The molecule has 1 atom stereocenters. The average molecular weight is 252 g/mol. The molecule has 1 aromatic rings. The summed E-state index contributed by atoms with van der Waals surface area (Å²) in [6.45, 7) is 3.91. The van der Waals surface area contributed by atoms with Gasteiger partial charge in [0.25, 0.3) is 0 Å². The van der Waals surface area contributed by atoms with Gasteiger partial charge in [-0.25, -0.2) is 4.98 Å². The Labute approximate surface area is 107 Å². The standard InChI is InChI=1S/C13H20N2OS/c1-9-8-17-13(14-9)12(15-11-2-3-11)10-4-6-16-7-5-10/h8,10-12,15H,2-7H2,1H3. The van der Waals surface area contributed by atoms with E-state index in [-0.39, 0.29) is 0 Å². The molecule has 1 saturated carbocycles. The summed E-state index contributed by atoms with van der Waals surface area (Å²) < 4.78 is 5.47. The molecular formula is C13H20N2OS. The smallest absolute Gasteiger partial charge is 0.110 e. The van der Waals surface area contributed by atoms with Crippen LogP contribution in [-0.2, 0) is 4.74 Å². The van der Waals surface area contributed by atoms with Crippen molar-refractivity contribution in [3.05, 3.63) is 16.1 Å². The Balaban J connectivity index is 1.74. The highest BCUT2D eigenvalue weighted by atomic mass is 32.1. The Bertz CT molecular complexity index is 369. The lowest BCUT2D eigenvalue weighted by Crippen LogP contribution is -2.33. The van der Waals surface area contributed by atoms with Gasteiger partial charge in [-0.2, -0.15) is 0 Å². The van der Waals surface area contributed by atoms with Crippen LogP contribution in [0.1, 0.15) is 42.4 Å². The predicted octanol–water partition coefficient (Wildman–Crippen LogP) is 2.67. The highest BCUT2D eigenvalue weighted by Crippen LogP contribution is 2.35. The van der Waals surface area contributed by atoms with Crippen molar-refractivity contribution in [2.45, 2.75) is 44.7 Å². The maximum atomic E-state index is 5.47. The molecule has 1 unspecified atom stereocenters. The zero-order valence-electron chi connectivity index (χ0n) is 10.3. The van der Waals surface area contributed by atoms with Crippen LogP contribution >= 0.6 is 11.3 Å². The van der Waals surface area contributed by atoms with Crippen molar-refractivity contribution in [2.75, 3.05) is 13.2 Å². The lowest BCUT2D eigenvalue weighted by molar-refractivity contribution is 0.0532. The monoisotopic (exact) mass is 252 g/mol. The van der Waals surface area contributed by atoms with E-state index in [4.69, 9.17) is 4.74 Å². The number of thiazole rings is 1. The largest absolute Gasteiger partial charge is 0.381 e. The molecular weight excluding hydrogens is 232 g/mol. The van der Waals surface area contributed by atoms with E-state index in [2.05, 4.69) is 22.6 Å². The summed E-state index contributed by atoms with van der Waals surface area (Å²) >= 11 is 1.81. The molecule has 94 valence electrons. The molecule has 2 aliphatic rings. The van der Waals surface area contributed by atoms with Crippen molar-refractivity contribution >= 4 is 11.3 Å². The first kappa shape index (κ1) is 11.6. The number of hydrogen-bond donors (Lipinski definition) is 1. The number of hydrogen-bond acceptors (Lipinski definition) is 4. The number of nitrogens with one attached hydrogen (secondary N) is 1. The van der Waals surface area contributed by atoms with Gasteiger partial charge in [0.05, 0.1) is 6.04 Å². The van der Waals surface area contributed by atoms with Crippen molar-refractivity contribution in [3.8, 4) is 0 Å². The molecule has 1 aromatic heterocycles. The molecule has 0 spiro atoms. The topological polar surface area (TPSA) is 34.1 Å². The van der Waals surface area contributed by atoms with Gasteiger partial charge in [0.15, 0.2) is 0 Å². The molecule has 4 heteroatoms. The van der Waals surface area contributed by atoms with E-state index < -0.39 is 0 Å². The molecule has 3 nitrogen and oxygen atoms in total. The number of rotatable bonds is 4. The second-order valence-electron chi connectivity index (χ2n) is 5.20. The molecule has 17 heavy (non-hydrogen) atoms. The SMILES string of the molecule is Cc1csc(C(NC2CC2)C2CCOCC2)n1. The molecule has 1 saturated heterocycles. The highest BCUT2D eigenvalue weighted by Gasteiger charge is 2.32. The minimum atomic E-state index is 0.463. The fourth-order valence-corrected chi connectivity index (χ4v) is 3.42. The Morgan fingerprint density at radius 3 is 2.71 bits per heavy atom. The highest BCUT2D eigenvalue weighted by molar-refractivity contribution is 7.09. The van der Waals surface area contributed by atoms with Crippen molar-refractivity contribution < 1.29 is 4.74 Å². The first-order valence-corrected chi connectivity index (χ1v) is 7.47. The molecule has 0 aromatic carbocycles. The molecule has 1 aliphatic heterocycles. The number of aromatic nitrogens is 1. The summed E-state index contributed by atoms with van der Waals surface area (Å²) in [5, 5.41) is 7.22. The van der Waals surface area contributed by atoms with Crippen LogP contribution in [0.2, 0.25) is 0 Å². The zero-order valence-corrected chi connectivity index (χ0v) is 11.1. The van der Waals surface area contributed by atoms with E-state index in [9.17, 15) is 0 Å². The van der Waals surface area contributed by atoms with Gasteiger partial charge in [-0.1, -0.05) is 0 Å². The van der Waals surface area contributed by atoms with Gasteiger partial charge >= 0.3 is 0 Å². The van der Waals surface area contributed by atoms with E-state index in [0.717, 1.165) is 24.9 Å². The molecule has 3 rings (SSSR count). The van der Waals surface area contributed by atoms with E-state index in [1.165, 1.54) is 30.7 Å². The quantitative estimate of drug-likeness (QED) is 0.894. The third-order valence-corrected chi connectivity index (χ3v) is 4.68. The summed E-state index contributed by atoms with van der Waals surface area (Å²) in [4.78, 5) is 4.68. The van der Waals surface area contributed by atoms with E-state index in [0.29, 0.717) is 12.0 Å². The molecule has 2 fully saturated rings. The lowest BCUT2D eigenvalue weighted by atomic mass is 9.92. The van der Waals surface area contributed by atoms with E-state index in [1.807, 2.05) is 0 Å². The normalized spacial score (nSPS) is 23.8. The van der Waals surface area contributed by atoms with Crippen molar-refractivity contribution in [2.24, 2.45) is 5.92 Å². The first-order chi connectivity index (χ1) is 8.33. The molecule has 0 radical (unpaired) electrons. The summed E-state index contributed by atoms with van der Waals surface area (Å²) in [6.07, 6.45) is 5.01. The molecule has 0 bridgehead atoms. The predicted molar refractivity (Wildman–Crippen MR) is 69.3 cm³/mol. The van der Waals surface area contributed by atoms with Crippen LogP contribution in [0, 0.1) is 12.8 Å². The maximum absolute atomic E-state index is 5.47.